The molecular weight excluding hydrogens is 286 g/mol. The van der Waals surface area contributed by atoms with Crippen LogP contribution in [0.15, 0.2) is 54.6 Å². The van der Waals surface area contributed by atoms with E-state index in [1.807, 2.05) is 68.4 Å². The van der Waals surface area contributed by atoms with Gasteiger partial charge in [0.2, 0.25) is 11.8 Å². The lowest BCUT2D eigenvalue weighted by atomic mass is 9.75. The van der Waals surface area contributed by atoms with Crippen LogP contribution in [0.1, 0.15) is 36.5 Å². The van der Waals surface area contributed by atoms with E-state index in [1.165, 1.54) is 4.90 Å². The highest BCUT2D eigenvalue weighted by Crippen LogP contribution is 2.41. The normalized spacial score (nSPS) is 21.0. The summed E-state index contributed by atoms with van der Waals surface area (Å²) < 4.78 is 0. The second kappa shape index (κ2) is 5.99. The van der Waals surface area contributed by atoms with Gasteiger partial charge in [0.05, 0.1) is 12.0 Å². The Labute approximate surface area is 136 Å². The second-order valence-electron chi connectivity index (χ2n) is 6.20. The zero-order valence-corrected chi connectivity index (χ0v) is 13.6. The molecule has 2 aromatic rings. The minimum absolute atomic E-state index is 0.0665. The lowest BCUT2D eigenvalue weighted by Gasteiger charge is -2.27. The first-order valence-electron chi connectivity index (χ1n) is 8.03. The van der Waals surface area contributed by atoms with E-state index in [-0.39, 0.29) is 18.2 Å². The molecule has 118 valence electrons. The van der Waals surface area contributed by atoms with E-state index in [0.29, 0.717) is 13.0 Å². The highest BCUT2D eigenvalue weighted by molar-refractivity contribution is 6.09. The Morgan fingerprint density at radius 3 is 2.30 bits per heavy atom. The van der Waals surface area contributed by atoms with Crippen molar-refractivity contribution >= 4 is 11.8 Å². The summed E-state index contributed by atoms with van der Waals surface area (Å²) in [6.07, 6.45) is 0.897. The molecule has 0 aliphatic carbocycles. The van der Waals surface area contributed by atoms with Gasteiger partial charge in [-0.05, 0) is 30.0 Å². The molecule has 0 unspecified atom stereocenters. The van der Waals surface area contributed by atoms with Crippen LogP contribution in [0.25, 0.3) is 0 Å². The zero-order valence-electron chi connectivity index (χ0n) is 13.6. The third kappa shape index (κ3) is 2.56. The second-order valence-corrected chi connectivity index (χ2v) is 6.20. The molecule has 1 heterocycles. The number of likely N-dealkylation sites (tertiary alicyclic amines) is 1. The van der Waals surface area contributed by atoms with Crippen molar-refractivity contribution in [2.24, 2.45) is 0 Å². The molecule has 3 heteroatoms. The Morgan fingerprint density at radius 1 is 1.00 bits per heavy atom. The van der Waals surface area contributed by atoms with Crippen molar-refractivity contribution in [2.45, 2.75) is 38.6 Å². The number of aryl methyl sites for hydroxylation is 1. The van der Waals surface area contributed by atoms with Crippen molar-refractivity contribution in [3.05, 3.63) is 71.3 Å². The van der Waals surface area contributed by atoms with E-state index in [9.17, 15) is 9.59 Å². The van der Waals surface area contributed by atoms with E-state index >= 15 is 0 Å². The summed E-state index contributed by atoms with van der Waals surface area (Å²) in [6, 6.07) is 17.6. The van der Waals surface area contributed by atoms with Crippen LogP contribution in [0.5, 0.6) is 0 Å². The lowest BCUT2D eigenvalue weighted by Crippen LogP contribution is -2.38. The standard InChI is InChI=1S/C20H21NO2/c1-3-20(17-12-8-7-9-15(17)2)13-18(22)21(19(20)23)14-16-10-5-4-6-11-16/h4-12H,3,13-14H2,1-2H3/t20-/m1/s1. The molecule has 1 aliphatic heterocycles. The topological polar surface area (TPSA) is 37.4 Å². The first kappa shape index (κ1) is 15.5. The monoisotopic (exact) mass is 307 g/mol. The summed E-state index contributed by atoms with van der Waals surface area (Å²) in [5, 5.41) is 0. The average Bonchev–Trinajstić information content (AvgIpc) is 2.81. The van der Waals surface area contributed by atoms with Crippen molar-refractivity contribution in [3.63, 3.8) is 0 Å². The van der Waals surface area contributed by atoms with Crippen LogP contribution in [0.3, 0.4) is 0 Å². The molecule has 0 spiro atoms. The Morgan fingerprint density at radius 2 is 1.65 bits per heavy atom. The van der Waals surface area contributed by atoms with Gasteiger partial charge in [-0.25, -0.2) is 0 Å². The molecule has 0 bridgehead atoms. The van der Waals surface area contributed by atoms with Crippen LogP contribution in [0.4, 0.5) is 0 Å². The van der Waals surface area contributed by atoms with Crippen LogP contribution >= 0.6 is 0 Å². The van der Waals surface area contributed by atoms with Crippen molar-refractivity contribution in [3.8, 4) is 0 Å². The number of nitrogens with zero attached hydrogens (tertiary/aromatic N) is 1. The highest BCUT2D eigenvalue weighted by atomic mass is 16.2. The summed E-state index contributed by atoms with van der Waals surface area (Å²) in [4.78, 5) is 27.1. The highest BCUT2D eigenvalue weighted by Gasteiger charge is 2.51. The molecule has 2 aromatic carbocycles. The van der Waals surface area contributed by atoms with Crippen LogP contribution < -0.4 is 0 Å². The van der Waals surface area contributed by atoms with Crippen molar-refractivity contribution in [1.82, 2.24) is 4.90 Å². The predicted octanol–water partition coefficient (Wildman–Crippen LogP) is 3.60. The van der Waals surface area contributed by atoms with Gasteiger partial charge in [-0.3, -0.25) is 14.5 Å². The minimum Gasteiger partial charge on any atom is -0.277 e. The van der Waals surface area contributed by atoms with Crippen molar-refractivity contribution < 1.29 is 9.59 Å². The Hall–Kier alpha value is -2.42. The van der Waals surface area contributed by atoms with Gasteiger partial charge in [0.1, 0.15) is 0 Å². The summed E-state index contributed by atoms with van der Waals surface area (Å²) in [5.41, 5.74) is 2.32. The zero-order chi connectivity index (χ0) is 16.4. The van der Waals surface area contributed by atoms with Crippen molar-refractivity contribution in [2.75, 3.05) is 0 Å². The van der Waals surface area contributed by atoms with E-state index in [0.717, 1.165) is 16.7 Å². The molecule has 3 nitrogen and oxygen atoms in total. The van der Waals surface area contributed by atoms with Crippen LogP contribution in [-0.4, -0.2) is 16.7 Å². The first-order valence-corrected chi connectivity index (χ1v) is 8.03. The predicted molar refractivity (Wildman–Crippen MR) is 89.8 cm³/mol. The lowest BCUT2D eigenvalue weighted by molar-refractivity contribution is -0.140. The summed E-state index contributed by atoms with van der Waals surface area (Å²) in [6.45, 7) is 4.35. The average molecular weight is 307 g/mol. The summed E-state index contributed by atoms with van der Waals surface area (Å²) in [7, 11) is 0. The Balaban J connectivity index is 1.97. The molecule has 1 atom stereocenters. The van der Waals surface area contributed by atoms with Crippen molar-refractivity contribution in [1.29, 1.82) is 0 Å². The molecule has 1 saturated heterocycles. The Bertz CT molecular complexity index is 738. The summed E-state index contributed by atoms with van der Waals surface area (Å²) >= 11 is 0. The molecule has 23 heavy (non-hydrogen) atoms. The molecule has 0 N–H and O–H groups in total. The van der Waals surface area contributed by atoms with Gasteiger partial charge in [-0.2, -0.15) is 0 Å². The fraction of sp³-hybridized carbons (Fsp3) is 0.300. The maximum Gasteiger partial charge on any atom is 0.240 e. The number of hydrogen-bond donors (Lipinski definition) is 0. The number of hydrogen-bond acceptors (Lipinski definition) is 2. The van der Waals surface area contributed by atoms with Crippen LogP contribution in [0, 0.1) is 6.92 Å². The van der Waals surface area contributed by atoms with Gasteiger partial charge < -0.3 is 0 Å². The largest absolute Gasteiger partial charge is 0.277 e. The third-order valence-corrected chi connectivity index (χ3v) is 4.86. The van der Waals surface area contributed by atoms with Gasteiger partial charge >= 0.3 is 0 Å². The third-order valence-electron chi connectivity index (χ3n) is 4.86. The molecular formula is C20H21NO2. The molecule has 1 fully saturated rings. The molecule has 2 amide bonds. The fourth-order valence-electron chi connectivity index (χ4n) is 3.51. The SMILES string of the molecule is CC[C@]1(c2ccccc2C)CC(=O)N(Cc2ccccc2)C1=O. The summed E-state index contributed by atoms with van der Waals surface area (Å²) in [5.74, 6) is -0.146. The number of imide groups is 1. The van der Waals surface area contributed by atoms with E-state index in [1.54, 1.807) is 0 Å². The number of benzene rings is 2. The smallest absolute Gasteiger partial charge is 0.240 e. The van der Waals surface area contributed by atoms with E-state index in [4.69, 9.17) is 0 Å². The number of carbonyl (C=O) groups excluding carboxylic acids is 2. The quantitative estimate of drug-likeness (QED) is 0.809. The molecule has 0 saturated carbocycles. The maximum atomic E-state index is 13.1. The number of amides is 2. The molecule has 0 radical (unpaired) electrons. The molecule has 0 aromatic heterocycles. The number of rotatable bonds is 4. The van der Waals surface area contributed by atoms with Gasteiger partial charge in [-0.1, -0.05) is 61.5 Å². The maximum absolute atomic E-state index is 13.1. The first-order chi connectivity index (χ1) is 11.1. The van der Waals surface area contributed by atoms with E-state index < -0.39 is 5.41 Å². The van der Waals surface area contributed by atoms with Gasteiger partial charge in [-0.15, -0.1) is 0 Å². The van der Waals surface area contributed by atoms with Gasteiger partial charge in [0.25, 0.3) is 0 Å². The van der Waals surface area contributed by atoms with Crippen LogP contribution in [0.2, 0.25) is 0 Å². The molecule has 3 rings (SSSR count). The Kier molecular flexibility index (Phi) is 4.03. The fourth-order valence-corrected chi connectivity index (χ4v) is 3.51. The van der Waals surface area contributed by atoms with E-state index in [2.05, 4.69) is 0 Å². The van der Waals surface area contributed by atoms with Gasteiger partial charge in [0, 0.05) is 6.42 Å². The molecule has 1 aliphatic rings. The number of carbonyl (C=O) groups is 2. The van der Waals surface area contributed by atoms with Crippen LogP contribution in [-0.2, 0) is 21.5 Å². The minimum atomic E-state index is -0.711. The van der Waals surface area contributed by atoms with Gasteiger partial charge in [0.15, 0.2) is 0 Å².